The molecular formula is C16H15N3O. The monoisotopic (exact) mass is 265 g/mol. The van der Waals surface area contributed by atoms with Crippen LogP contribution in [0.2, 0.25) is 0 Å². The average Bonchev–Trinajstić information content (AvgIpc) is 2.46. The second-order valence-electron chi connectivity index (χ2n) is 4.79. The van der Waals surface area contributed by atoms with Gasteiger partial charge < -0.3 is 5.11 Å². The van der Waals surface area contributed by atoms with Crippen LogP contribution in [0.15, 0.2) is 42.7 Å². The van der Waals surface area contributed by atoms with Crippen molar-refractivity contribution >= 4 is 10.8 Å². The minimum atomic E-state index is -0.565. The molecule has 2 aromatic heterocycles. The number of hydrogen-bond donors (Lipinski definition) is 1. The average molecular weight is 265 g/mol. The van der Waals surface area contributed by atoms with E-state index in [1.807, 2.05) is 37.3 Å². The summed E-state index contributed by atoms with van der Waals surface area (Å²) in [7, 11) is 0. The second-order valence-corrected chi connectivity index (χ2v) is 4.79. The maximum absolute atomic E-state index is 9.64. The third kappa shape index (κ3) is 2.14. The topological polar surface area (TPSA) is 58.9 Å². The molecule has 1 N–H and O–H groups in total. The fourth-order valence-corrected chi connectivity index (χ4v) is 2.30. The van der Waals surface area contributed by atoms with E-state index in [2.05, 4.69) is 15.0 Å². The fraction of sp³-hybridized carbons (Fsp3) is 0.188. The quantitative estimate of drug-likeness (QED) is 0.773. The molecule has 20 heavy (non-hydrogen) atoms. The second kappa shape index (κ2) is 4.98. The number of aryl methyl sites for hydroxylation is 1. The molecular weight excluding hydrogens is 250 g/mol. The van der Waals surface area contributed by atoms with Crippen LogP contribution < -0.4 is 0 Å². The van der Waals surface area contributed by atoms with Crippen LogP contribution in [0.4, 0.5) is 0 Å². The summed E-state index contributed by atoms with van der Waals surface area (Å²) in [5, 5.41) is 11.8. The van der Waals surface area contributed by atoms with Gasteiger partial charge in [-0.3, -0.25) is 4.98 Å². The Hall–Kier alpha value is -2.33. The van der Waals surface area contributed by atoms with Gasteiger partial charge in [0.05, 0.1) is 6.10 Å². The molecule has 0 fully saturated rings. The van der Waals surface area contributed by atoms with Crippen LogP contribution in [0.5, 0.6) is 0 Å². The van der Waals surface area contributed by atoms with Crippen LogP contribution in [-0.4, -0.2) is 20.1 Å². The van der Waals surface area contributed by atoms with Crippen molar-refractivity contribution in [3.8, 4) is 11.5 Å². The minimum absolute atomic E-state index is 0.565. The van der Waals surface area contributed by atoms with E-state index in [4.69, 9.17) is 0 Å². The number of nitrogens with zero attached hydrogens (tertiary/aromatic N) is 3. The van der Waals surface area contributed by atoms with Crippen molar-refractivity contribution in [2.75, 3.05) is 0 Å². The van der Waals surface area contributed by atoms with Gasteiger partial charge in [0.25, 0.3) is 0 Å². The van der Waals surface area contributed by atoms with E-state index in [9.17, 15) is 5.11 Å². The van der Waals surface area contributed by atoms with E-state index >= 15 is 0 Å². The lowest BCUT2D eigenvalue weighted by molar-refractivity contribution is 0.197. The Morgan fingerprint density at radius 2 is 1.90 bits per heavy atom. The zero-order chi connectivity index (χ0) is 14.1. The highest BCUT2D eigenvalue weighted by Gasteiger charge is 2.12. The van der Waals surface area contributed by atoms with Crippen LogP contribution in [0.3, 0.4) is 0 Å². The van der Waals surface area contributed by atoms with Crippen molar-refractivity contribution in [2.24, 2.45) is 0 Å². The molecule has 0 saturated heterocycles. The molecule has 0 unspecified atom stereocenters. The molecule has 1 aromatic carbocycles. The van der Waals surface area contributed by atoms with E-state index in [-0.39, 0.29) is 0 Å². The highest BCUT2D eigenvalue weighted by molar-refractivity contribution is 5.92. The van der Waals surface area contributed by atoms with E-state index in [1.165, 1.54) is 0 Å². The van der Waals surface area contributed by atoms with E-state index in [1.54, 1.807) is 19.3 Å². The van der Waals surface area contributed by atoms with Gasteiger partial charge in [0.15, 0.2) is 5.82 Å². The van der Waals surface area contributed by atoms with Gasteiger partial charge in [-0.1, -0.05) is 24.3 Å². The van der Waals surface area contributed by atoms with Gasteiger partial charge in [-0.15, -0.1) is 0 Å². The number of pyridine rings is 1. The molecule has 1 atom stereocenters. The predicted molar refractivity (Wildman–Crippen MR) is 78.1 cm³/mol. The van der Waals surface area contributed by atoms with Crippen LogP contribution in [0.1, 0.15) is 24.3 Å². The van der Waals surface area contributed by atoms with Crippen molar-refractivity contribution in [1.29, 1.82) is 0 Å². The number of aliphatic hydroxyl groups excluding tert-OH is 1. The largest absolute Gasteiger partial charge is 0.389 e. The van der Waals surface area contributed by atoms with Crippen LogP contribution >= 0.6 is 0 Å². The highest BCUT2D eigenvalue weighted by atomic mass is 16.3. The van der Waals surface area contributed by atoms with Gasteiger partial charge >= 0.3 is 0 Å². The summed E-state index contributed by atoms with van der Waals surface area (Å²) in [6.45, 7) is 3.58. The van der Waals surface area contributed by atoms with Gasteiger partial charge in [-0.25, -0.2) is 9.97 Å². The Bertz CT molecular complexity index is 763. The normalized spacial score (nSPS) is 12.6. The Kier molecular flexibility index (Phi) is 3.16. The van der Waals surface area contributed by atoms with Crippen molar-refractivity contribution in [3.05, 3.63) is 54.0 Å². The van der Waals surface area contributed by atoms with Crippen molar-refractivity contribution in [2.45, 2.75) is 20.0 Å². The Balaban J connectivity index is 2.19. The van der Waals surface area contributed by atoms with E-state index in [0.29, 0.717) is 5.82 Å². The zero-order valence-electron chi connectivity index (χ0n) is 11.4. The molecule has 0 saturated carbocycles. The lowest BCUT2D eigenvalue weighted by Gasteiger charge is -2.09. The molecule has 0 radical (unpaired) electrons. The summed E-state index contributed by atoms with van der Waals surface area (Å²) in [6.07, 6.45) is 2.87. The SMILES string of the molecule is Cc1nc(-c2nccc3ccccc23)ncc1[C@@H](C)O. The summed E-state index contributed by atoms with van der Waals surface area (Å²) < 4.78 is 0. The highest BCUT2D eigenvalue weighted by Crippen LogP contribution is 2.25. The third-order valence-corrected chi connectivity index (χ3v) is 3.35. The molecule has 3 aromatic rings. The summed E-state index contributed by atoms with van der Waals surface area (Å²) >= 11 is 0. The number of fused-ring (bicyclic) bond motifs is 1. The molecule has 0 spiro atoms. The zero-order valence-corrected chi connectivity index (χ0v) is 11.4. The van der Waals surface area contributed by atoms with Crippen LogP contribution in [0.25, 0.3) is 22.3 Å². The number of hydrogen-bond acceptors (Lipinski definition) is 4. The molecule has 0 aliphatic rings. The third-order valence-electron chi connectivity index (χ3n) is 3.35. The Labute approximate surface area is 117 Å². The summed E-state index contributed by atoms with van der Waals surface area (Å²) in [5.41, 5.74) is 2.29. The molecule has 2 heterocycles. The summed E-state index contributed by atoms with van der Waals surface area (Å²) in [4.78, 5) is 13.2. The fourth-order valence-electron chi connectivity index (χ4n) is 2.30. The van der Waals surface area contributed by atoms with E-state index < -0.39 is 6.10 Å². The van der Waals surface area contributed by atoms with Gasteiger partial charge in [0.2, 0.25) is 0 Å². The van der Waals surface area contributed by atoms with Gasteiger partial charge in [0.1, 0.15) is 5.69 Å². The molecule has 100 valence electrons. The predicted octanol–water partition coefficient (Wildman–Crippen LogP) is 3.05. The van der Waals surface area contributed by atoms with E-state index in [0.717, 1.165) is 27.7 Å². The van der Waals surface area contributed by atoms with Crippen molar-refractivity contribution in [1.82, 2.24) is 15.0 Å². The lowest BCUT2D eigenvalue weighted by Crippen LogP contribution is -2.02. The van der Waals surface area contributed by atoms with Gasteiger partial charge in [0, 0.05) is 29.0 Å². The van der Waals surface area contributed by atoms with Gasteiger partial charge in [-0.2, -0.15) is 0 Å². The number of aromatic nitrogens is 3. The van der Waals surface area contributed by atoms with Crippen molar-refractivity contribution < 1.29 is 5.11 Å². The first-order valence-corrected chi connectivity index (χ1v) is 6.52. The Morgan fingerprint density at radius 1 is 1.10 bits per heavy atom. The molecule has 4 heteroatoms. The molecule has 0 amide bonds. The minimum Gasteiger partial charge on any atom is -0.389 e. The maximum atomic E-state index is 9.64. The summed E-state index contributed by atoms with van der Waals surface area (Å²) in [5.74, 6) is 0.587. The lowest BCUT2D eigenvalue weighted by atomic mass is 10.1. The number of rotatable bonds is 2. The first-order chi connectivity index (χ1) is 9.66. The first-order valence-electron chi connectivity index (χ1n) is 6.52. The molecule has 4 nitrogen and oxygen atoms in total. The first kappa shape index (κ1) is 12.7. The van der Waals surface area contributed by atoms with Crippen LogP contribution in [0, 0.1) is 6.92 Å². The number of benzene rings is 1. The smallest absolute Gasteiger partial charge is 0.179 e. The van der Waals surface area contributed by atoms with Crippen molar-refractivity contribution in [3.63, 3.8) is 0 Å². The molecule has 0 aliphatic heterocycles. The Morgan fingerprint density at radius 3 is 2.65 bits per heavy atom. The van der Waals surface area contributed by atoms with Crippen LogP contribution in [-0.2, 0) is 0 Å². The standard InChI is InChI=1S/C16H15N3O/c1-10-14(11(2)20)9-18-16(19-10)15-13-6-4-3-5-12(13)7-8-17-15/h3-9,11,20H,1-2H3/t11-/m1/s1. The number of aliphatic hydroxyl groups is 1. The van der Waals surface area contributed by atoms with Gasteiger partial charge in [-0.05, 0) is 25.3 Å². The molecule has 0 bridgehead atoms. The molecule has 0 aliphatic carbocycles. The maximum Gasteiger partial charge on any atom is 0.179 e. The summed E-state index contributed by atoms with van der Waals surface area (Å²) in [6, 6.07) is 9.99. The molecule has 3 rings (SSSR count).